The van der Waals surface area contributed by atoms with Crippen LogP contribution in [0.5, 0.6) is 0 Å². The summed E-state index contributed by atoms with van der Waals surface area (Å²) in [5.41, 5.74) is 1.94. The third kappa shape index (κ3) is 7.59. The summed E-state index contributed by atoms with van der Waals surface area (Å²) in [6, 6.07) is 8.21. The molecule has 0 radical (unpaired) electrons. The van der Waals surface area contributed by atoms with Crippen molar-refractivity contribution in [3.8, 4) is 0 Å². The summed E-state index contributed by atoms with van der Waals surface area (Å²) >= 11 is 0. The van der Waals surface area contributed by atoms with Crippen molar-refractivity contribution in [1.29, 1.82) is 0 Å². The number of anilines is 1. The van der Waals surface area contributed by atoms with Gasteiger partial charge in [-0.05, 0) is 37.6 Å². The van der Waals surface area contributed by atoms with Gasteiger partial charge in [-0.3, -0.25) is 4.79 Å². The smallest absolute Gasteiger partial charge is 0.250 e. The first-order valence-electron chi connectivity index (χ1n) is 6.75. The Hall–Kier alpha value is -1.39. The van der Waals surface area contributed by atoms with Crippen LogP contribution in [0.25, 0.3) is 0 Å². The first-order valence-corrected chi connectivity index (χ1v) is 6.75. The Labute approximate surface area is 115 Å². The van der Waals surface area contributed by atoms with Crippen LogP contribution in [0.2, 0.25) is 0 Å². The third-order valence-electron chi connectivity index (χ3n) is 2.55. The van der Waals surface area contributed by atoms with E-state index in [2.05, 4.69) is 24.5 Å². The minimum Gasteiger partial charge on any atom is -0.372 e. The van der Waals surface area contributed by atoms with E-state index in [9.17, 15) is 4.79 Å². The van der Waals surface area contributed by atoms with Crippen molar-refractivity contribution in [1.82, 2.24) is 5.32 Å². The molecule has 0 aliphatic heterocycles. The Morgan fingerprint density at radius 3 is 2.84 bits per heavy atom. The maximum Gasteiger partial charge on any atom is 0.250 e. The highest BCUT2D eigenvalue weighted by Gasteiger charge is 2.02. The summed E-state index contributed by atoms with van der Waals surface area (Å²) in [4.78, 5) is 11.6. The number of nitrogens with one attached hydrogen (secondary N) is 2. The van der Waals surface area contributed by atoms with E-state index in [0.29, 0.717) is 12.6 Å². The van der Waals surface area contributed by atoms with E-state index in [1.807, 2.05) is 31.2 Å². The molecular formula is C15H24N2O2. The molecule has 4 nitrogen and oxygen atoms in total. The van der Waals surface area contributed by atoms with Crippen LogP contribution in [0.4, 0.5) is 5.69 Å². The van der Waals surface area contributed by atoms with Gasteiger partial charge in [-0.15, -0.1) is 0 Å². The van der Waals surface area contributed by atoms with Gasteiger partial charge in [-0.2, -0.15) is 0 Å². The second-order valence-electron chi connectivity index (χ2n) is 4.93. The van der Waals surface area contributed by atoms with Crippen molar-refractivity contribution >= 4 is 11.6 Å². The lowest BCUT2D eigenvalue weighted by atomic mass is 10.2. The minimum absolute atomic E-state index is 0.107. The molecule has 1 aromatic carbocycles. The fourth-order valence-corrected chi connectivity index (χ4v) is 1.65. The van der Waals surface area contributed by atoms with Crippen molar-refractivity contribution in [2.24, 2.45) is 0 Å². The molecule has 1 amide bonds. The number of amides is 1. The molecular weight excluding hydrogens is 240 g/mol. The molecule has 0 heterocycles. The average Bonchev–Trinajstić information content (AvgIpc) is 2.33. The van der Waals surface area contributed by atoms with Crippen LogP contribution in [-0.2, 0) is 9.53 Å². The third-order valence-corrected chi connectivity index (χ3v) is 2.55. The number of hydrogen-bond acceptors (Lipinski definition) is 3. The highest BCUT2D eigenvalue weighted by atomic mass is 16.5. The lowest BCUT2D eigenvalue weighted by Crippen LogP contribution is -2.25. The Morgan fingerprint density at radius 2 is 2.16 bits per heavy atom. The highest BCUT2D eigenvalue weighted by Crippen LogP contribution is 2.09. The molecule has 0 aliphatic rings. The molecule has 4 heteroatoms. The van der Waals surface area contributed by atoms with E-state index < -0.39 is 0 Å². The van der Waals surface area contributed by atoms with Crippen molar-refractivity contribution in [3.63, 3.8) is 0 Å². The summed E-state index contributed by atoms with van der Waals surface area (Å²) in [5, 5.41) is 6.11. The van der Waals surface area contributed by atoms with Gasteiger partial charge in [0.05, 0.1) is 0 Å². The summed E-state index contributed by atoms with van der Waals surface area (Å²) in [6.07, 6.45) is 0.913. The van der Waals surface area contributed by atoms with Gasteiger partial charge in [0.15, 0.2) is 0 Å². The van der Waals surface area contributed by atoms with Gasteiger partial charge < -0.3 is 15.4 Å². The highest BCUT2D eigenvalue weighted by molar-refractivity contribution is 5.91. The normalized spacial score (nSPS) is 10.7. The van der Waals surface area contributed by atoms with Crippen molar-refractivity contribution in [2.75, 3.05) is 25.1 Å². The fraction of sp³-hybridized carbons (Fsp3) is 0.533. The van der Waals surface area contributed by atoms with E-state index in [1.165, 1.54) is 0 Å². The molecule has 0 aromatic heterocycles. The molecule has 0 saturated carbocycles. The van der Waals surface area contributed by atoms with Gasteiger partial charge in [0, 0.05) is 18.3 Å². The maximum absolute atomic E-state index is 11.6. The van der Waals surface area contributed by atoms with Crippen LogP contribution in [0.3, 0.4) is 0 Å². The Bertz CT molecular complexity index is 391. The van der Waals surface area contributed by atoms with Crippen LogP contribution in [-0.4, -0.2) is 31.7 Å². The molecule has 0 aliphatic carbocycles. The quantitative estimate of drug-likeness (QED) is 0.709. The van der Waals surface area contributed by atoms with E-state index in [0.717, 1.165) is 24.2 Å². The van der Waals surface area contributed by atoms with Crippen LogP contribution < -0.4 is 10.6 Å². The monoisotopic (exact) mass is 264 g/mol. The number of hydrogen-bond donors (Lipinski definition) is 2. The molecule has 0 bridgehead atoms. The van der Waals surface area contributed by atoms with Crippen LogP contribution >= 0.6 is 0 Å². The van der Waals surface area contributed by atoms with Gasteiger partial charge in [0.2, 0.25) is 5.91 Å². The number of carbonyl (C=O) groups is 1. The van der Waals surface area contributed by atoms with Gasteiger partial charge in [-0.25, -0.2) is 0 Å². The lowest BCUT2D eigenvalue weighted by molar-refractivity contribution is -0.120. The number of benzene rings is 1. The summed E-state index contributed by atoms with van der Waals surface area (Å²) in [6.45, 7) is 7.83. The first-order chi connectivity index (χ1) is 9.08. The van der Waals surface area contributed by atoms with Gasteiger partial charge in [0.25, 0.3) is 0 Å². The average molecular weight is 264 g/mol. The fourth-order valence-electron chi connectivity index (χ4n) is 1.65. The second-order valence-corrected chi connectivity index (χ2v) is 4.93. The van der Waals surface area contributed by atoms with Gasteiger partial charge in [0.1, 0.15) is 6.61 Å². The number of carbonyl (C=O) groups excluding carboxylic acids is 1. The van der Waals surface area contributed by atoms with Gasteiger partial charge >= 0.3 is 0 Å². The first kappa shape index (κ1) is 15.7. The molecule has 1 aromatic rings. The van der Waals surface area contributed by atoms with Crippen LogP contribution in [0.15, 0.2) is 24.3 Å². The predicted octanol–water partition coefficient (Wildman–Crippen LogP) is 2.34. The van der Waals surface area contributed by atoms with Crippen LogP contribution in [0, 0.1) is 6.92 Å². The second kappa shape index (κ2) is 8.67. The standard InChI is InChI=1S/C15H24N2O2/c1-12(2)16-8-5-9-19-11-15(18)17-14-7-4-6-13(3)10-14/h4,6-7,10,12,16H,5,8-9,11H2,1-3H3,(H,17,18). The molecule has 106 valence electrons. The SMILES string of the molecule is Cc1cccc(NC(=O)COCCCNC(C)C)c1. The largest absolute Gasteiger partial charge is 0.372 e. The Balaban J connectivity index is 2.11. The number of aryl methyl sites for hydroxylation is 1. The van der Waals surface area contributed by atoms with Crippen molar-refractivity contribution in [3.05, 3.63) is 29.8 Å². The number of ether oxygens (including phenoxy) is 1. The van der Waals surface area contributed by atoms with E-state index in [4.69, 9.17) is 4.74 Å². The topological polar surface area (TPSA) is 50.4 Å². The van der Waals surface area contributed by atoms with Gasteiger partial charge in [-0.1, -0.05) is 26.0 Å². The predicted molar refractivity (Wildman–Crippen MR) is 78.4 cm³/mol. The van der Waals surface area contributed by atoms with Crippen molar-refractivity contribution < 1.29 is 9.53 Å². The molecule has 0 unspecified atom stereocenters. The van der Waals surface area contributed by atoms with E-state index >= 15 is 0 Å². The number of rotatable bonds is 8. The molecule has 0 spiro atoms. The van der Waals surface area contributed by atoms with E-state index in [1.54, 1.807) is 0 Å². The maximum atomic E-state index is 11.6. The molecule has 0 saturated heterocycles. The van der Waals surface area contributed by atoms with E-state index in [-0.39, 0.29) is 12.5 Å². The zero-order chi connectivity index (χ0) is 14.1. The zero-order valence-electron chi connectivity index (χ0n) is 12.0. The van der Waals surface area contributed by atoms with Crippen LogP contribution in [0.1, 0.15) is 25.8 Å². The Kier molecular flexibility index (Phi) is 7.15. The molecule has 0 atom stereocenters. The lowest BCUT2D eigenvalue weighted by Gasteiger charge is -2.09. The molecule has 19 heavy (non-hydrogen) atoms. The molecule has 2 N–H and O–H groups in total. The minimum atomic E-state index is -0.109. The summed E-state index contributed by atoms with van der Waals surface area (Å²) < 4.78 is 5.33. The molecule has 0 fully saturated rings. The molecule has 1 rings (SSSR count). The zero-order valence-corrected chi connectivity index (χ0v) is 12.0. The summed E-state index contributed by atoms with van der Waals surface area (Å²) in [7, 11) is 0. The Morgan fingerprint density at radius 1 is 1.37 bits per heavy atom. The van der Waals surface area contributed by atoms with Crippen molar-refractivity contribution in [2.45, 2.75) is 33.2 Å². The summed E-state index contributed by atoms with van der Waals surface area (Å²) in [5.74, 6) is -0.109.